The van der Waals surface area contributed by atoms with E-state index in [1.165, 1.54) is 19.4 Å². The number of halogens is 3. The number of benzene rings is 1. The van der Waals surface area contributed by atoms with Gasteiger partial charge in [0.05, 0.1) is 7.11 Å². The van der Waals surface area contributed by atoms with Gasteiger partial charge in [-0.1, -0.05) is 12.1 Å². The number of aliphatic hydroxyl groups is 1. The molecule has 1 aromatic heterocycles. The van der Waals surface area contributed by atoms with Gasteiger partial charge in [0.25, 0.3) is 0 Å². The van der Waals surface area contributed by atoms with Crippen LogP contribution in [0.2, 0.25) is 0 Å². The molecule has 7 nitrogen and oxygen atoms in total. The van der Waals surface area contributed by atoms with E-state index in [4.69, 9.17) is 10.5 Å². The maximum atomic E-state index is 13.4. The van der Waals surface area contributed by atoms with Gasteiger partial charge in [-0.25, -0.2) is 4.98 Å². The third-order valence-corrected chi connectivity index (χ3v) is 4.29. The Kier molecular flexibility index (Phi) is 6.90. The number of hydrogen-bond donors (Lipinski definition) is 3. The zero-order valence-corrected chi connectivity index (χ0v) is 15.7. The van der Waals surface area contributed by atoms with Crippen molar-refractivity contribution < 1.29 is 23.0 Å². The van der Waals surface area contributed by atoms with E-state index >= 15 is 0 Å². The Balaban J connectivity index is 1.89. The Morgan fingerprint density at radius 1 is 1.32 bits per heavy atom. The Bertz CT molecular complexity index is 789. The molecule has 0 aliphatic heterocycles. The second-order valence-corrected chi connectivity index (χ2v) is 6.26. The van der Waals surface area contributed by atoms with Gasteiger partial charge in [-0.05, 0) is 24.1 Å². The van der Waals surface area contributed by atoms with Crippen LogP contribution in [0.5, 0.6) is 5.75 Å². The monoisotopic (exact) mass is 399 g/mol. The molecule has 0 amide bonds. The fourth-order valence-electron chi connectivity index (χ4n) is 2.67. The van der Waals surface area contributed by atoms with Gasteiger partial charge < -0.3 is 25.5 Å². The van der Waals surface area contributed by atoms with E-state index in [-0.39, 0.29) is 12.5 Å². The number of aryl methyl sites for hydroxylation is 1. The molecule has 2 rings (SSSR count). The Morgan fingerprint density at radius 2 is 2.00 bits per heavy atom. The van der Waals surface area contributed by atoms with Gasteiger partial charge in [-0.2, -0.15) is 13.2 Å². The summed E-state index contributed by atoms with van der Waals surface area (Å²) in [7, 11) is 2.97. The summed E-state index contributed by atoms with van der Waals surface area (Å²) in [5.41, 5.74) is 3.65. The number of methoxy groups -OCH3 is 1. The van der Waals surface area contributed by atoms with Gasteiger partial charge in [-0.15, -0.1) is 0 Å². The molecule has 0 spiro atoms. The summed E-state index contributed by atoms with van der Waals surface area (Å²) < 4.78 is 46.4. The minimum atomic E-state index is -4.89. The number of aliphatic imine (C=N–C) groups is 1. The third kappa shape index (κ3) is 5.16. The molecule has 0 radical (unpaired) electrons. The quantitative estimate of drug-likeness (QED) is 0.464. The second-order valence-electron chi connectivity index (χ2n) is 6.26. The molecule has 0 bridgehead atoms. The minimum Gasteiger partial charge on any atom is -0.497 e. The maximum Gasteiger partial charge on any atom is 0.424 e. The van der Waals surface area contributed by atoms with E-state index in [0.29, 0.717) is 13.0 Å². The zero-order valence-electron chi connectivity index (χ0n) is 15.7. The molecular weight excluding hydrogens is 375 g/mol. The highest BCUT2D eigenvalue weighted by atomic mass is 19.4. The van der Waals surface area contributed by atoms with Crippen LogP contribution in [0, 0.1) is 0 Å². The van der Waals surface area contributed by atoms with Crippen LogP contribution in [-0.4, -0.2) is 47.0 Å². The fraction of sp³-hybridized carbons (Fsp3) is 0.444. The van der Waals surface area contributed by atoms with Crippen molar-refractivity contribution in [2.45, 2.75) is 24.6 Å². The molecule has 1 atom stereocenters. The van der Waals surface area contributed by atoms with Crippen molar-refractivity contribution in [3.05, 3.63) is 48.0 Å². The Labute approximate surface area is 161 Å². The number of rotatable bonds is 8. The molecule has 0 aliphatic rings. The first-order valence-electron chi connectivity index (χ1n) is 8.61. The lowest BCUT2D eigenvalue weighted by atomic mass is 9.98. The first-order valence-corrected chi connectivity index (χ1v) is 8.61. The van der Waals surface area contributed by atoms with E-state index < -0.39 is 24.0 Å². The van der Waals surface area contributed by atoms with Crippen LogP contribution in [0.15, 0.2) is 41.7 Å². The molecule has 154 valence electrons. The number of nitrogens with zero attached hydrogens (tertiary/aromatic N) is 3. The lowest BCUT2D eigenvalue weighted by Gasteiger charge is -2.29. The summed E-state index contributed by atoms with van der Waals surface area (Å²) in [6.45, 7) is 0.148. The molecule has 10 heteroatoms. The van der Waals surface area contributed by atoms with E-state index in [2.05, 4.69) is 15.3 Å². The van der Waals surface area contributed by atoms with E-state index in [1.54, 1.807) is 7.11 Å². The molecular formula is C18H24F3N5O2. The van der Waals surface area contributed by atoms with Crippen LogP contribution in [0.3, 0.4) is 0 Å². The topological polar surface area (TPSA) is 97.7 Å². The number of aromatic nitrogens is 2. The van der Waals surface area contributed by atoms with E-state index in [0.717, 1.165) is 15.9 Å². The fourth-order valence-corrected chi connectivity index (χ4v) is 2.67. The summed E-state index contributed by atoms with van der Waals surface area (Å²) in [6, 6.07) is 7.49. The highest BCUT2D eigenvalue weighted by Crippen LogP contribution is 2.40. The van der Waals surface area contributed by atoms with Crippen molar-refractivity contribution in [3.63, 3.8) is 0 Å². The zero-order chi connectivity index (χ0) is 20.8. The molecule has 0 fully saturated rings. The number of hydrogen-bond acceptors (Lipinski definition) is 4. The van der Waals surface area contributed by atoms with E-state index in [1.807, 2.05) is 24.3 Å². The SMILES string of the molecule is COc1ccc(CCNC(N)=NCCC(O)(c2nccn2C)C(F)(F)F)cc1. The van der Waals surface area contributed by atoms with Gasteiger partial charge in [-0.3, -0.25) is 4.99 Å². The van der Waals surface area contributed by atoms with Crippen molar-refractivity contribution in [2.24, 2.45) is 17.8 Å². The normalized spacial score (nSPS) is 14.6. The Hall–Kier alpha value is -2.75. The molecule has 1 heterocycles. The summed E-state index contributed by atoms with van der Waals surface area (Å²) >= 11 is 0. The average molecular weight is 399 g/mol. The van der Waals surface area contributed by atoms with Crippen molar-refractivity contribution in [1.82, 2.24) is 14.9 Å². The number of guanidine groups is 1. The Morgan fingerprint density at radius 3 is 2.54 bits per heavy atom. The molecule has 0 saturated carbocycles. The average Bonchev–Trinajstić information content (AvgIpc) is 3.07. The number of ether oxygens (including phenoxy) is 1. The van der Waals surface area contributed by atoms with Gasteiger partial charge in [0.15, 0.2) is 5.96 Å². The minimum absolute atomic E-state index is 0.0119. The molecule has 0 aliphatic carbocycles. The number of nitrogens with two attached hydrogens (primary N) is 1. The van der Waals surface area contributed by atoms with Crippen molar-refractivity contribution in [2.75, 3.05) is 20.2 Å². The van der Waals surface area contributed by atoms with Crippen LogP contribution in [-0.2, 0) is 19.1 Å². The molecule has 1 aromatic carbocycles. The lowest BCUT2D eigenvalue weighted by Crippen LogP contribution is -2.45. The van der Waals surface area contributed by atoms with Gasteiger partial charge >= 0.3 is 6.18 Å². The van der Waals surface area contributed by atoms with Gasteiger partial charge in [0, 0.05) is 39.0 Å². The first-order chi connectivity index (χ1) is 13.2. The van der Waals surface area contributed by atoms with Crippen molar-refractivity contribution in [1.29, 1.82) is 0 Å². The van der Waals surface area contributed by atoms with Crippen molar-refractivity contribution >= 4 is 5.96 Å². The predicted molar refractivity (Wildman–Crippen MR) is 99.0 cm³/mol. The standard InChI is InChI=1S/C18H24F3N5O2/c1-26-12-11-23-15(26)17(27,18(19,20)21)8-10-25-16(22)24-9-7-13-3-5-14(28-2)6-4-13/h3-6,11-12,27H,7-10H2,1-2H3,(H3,22,24,25). The van der Waals surface area contributed by atoms with Crippen LogP contribution in [0.1, 0.15) is 17.8 Å². The summed E-state index contributed by atoms with van der Waals surface area (Å²) in [5, 5.41) is 13.1. The smallest absolute Gasteiger partial charge is 0.424 e. The van der Waals surface area contributed by atoms with Gasteiger partial charge in [0.1, 0.15) is 11.6 Å². The van der Waals surface area contributed by atoms with E-state index in [9.17, 15) is 18.3 Å². The highest BCUT2D eigenvalue weighted by molar-refractivity contribution is 5.77. The number of nitrogens with one attached hydrogen (secondary N) is 1. The largest absolute Gasteiger partial charge is 0.497 e. The summed E-state index contributed by atoms with van der Waals surface area (Å²) in [5.74, 6) is 0.279. The highest BCUT2D eigenvalue weighted by Gasteiger charge is 2.57. The molecule has 1 unspecified atom stereocenters. The molecule has 28 heavy (non-hydrogen) atoms. The first kappa shape index (κ1) is 21.5. The second kappa shape index (κ2) is 8.96. The third-order valence-electron chi connectivity index (χ3n) is 4.29. The molecule has 2 aromatic rings. The van der Waals surface area contributed by atoms with Crippen LogP contribution in [0.4, 0.5) is 13.2 Å². The maximum absolute atomic E-state index is 13.4. The van der Waals surface area contributed by atoms with Crippen LogP contribution >= 0.6 is 0 Å². The molecule has 0 saturated heterocycles. The van der Waals surface area contributed by atoms with Gasteiger partial charge in [0.2, 0.25) is 5.60 Å². The predicted octanol–water partition coefficient (Wildman–Crippen LogP) is 1.72. The number of imidazole rings is 1. The van der Waals surface area contributed by atoms with Crippen LogP contribution < -0.4 is 15.8 Å². The summed E-state index contributed by atoms with van der Waals surface area (Å²) in [6.07, 6.45) is -2.39. The molecule has 4 N–H and O–H groups in total. The number of alkyl halides is 3. The lowest BCUT2D eigenvalue weighted by molar-refractivity contribution is -0.272. The van der Waals surface area contributed by atoms with Crippen molar-refractivity contribution in [3.8, 4) is 5.75 Å². The van der Waals surface area contributed by atoms with Crippen LogP contribution in [0.25, 0.3) is 0 Å². The summed E-state index contributed by atoms with van der Waals surface area (Å²) in [4.78, 5) is 7.52.